The third-order valence-corrected chi connectivity index (χ3v) is 1.04. The molecular weight excluding hydrogens is 186 g/mol. The molecule has 1 radical (unpaired) electrons. The molecule has 0 N–H and O–H groups in total. The van der Waals surface area contributed by atoms with Gasteiger partial charge in [-0.25, -0.2) is 0 Å². The van der Waals surface area contributed by atoms with E-state index in [0.29, 0.717) is 0 Å². The number of unbranched alkanes of at least 4 members (excludes halogenated alkanes) is 1. The molecule has 0 aliphatic heterocycles. The second-order valence-corrected chi connectivity index (χ2v) is 2.25. The Hall–Kier alpha value is -0.420. The van der Waals surface area contributed by atoms with Crippen molar-refractivity contribution in [1.82, 2.24) is 0 Å². The largest absolute Gasteiger partial charge is 0.392 e. The monoisotopic (exact) mass is 193 g/mol. The van der Waals surface area contributed by atoms with Gasteiger partial charge in [-0.3, -0.25) is 0 Å². The van der Waals surface area contributed by atoms with Crippen molar-refractivity contribution >= 4 is 0 Å². The molecule has 0 aromatic rings. The van der Waals surface area contributed by atoms with E-state index in [1.807, 2.05) is 0 Å². The van der Waals surface area contributed by atoms with E-state index in [1.54, 1.807) is 0 Å². The van der Waals surface area contributed by atoms with Gasteiger partial charge < -0.3 is 0 Å². The second-order valence-electron chi connectivity index (χ2n) is 2.25. The molecule has 0 bridgehead atoms. The number of hydrogen-bond acceptors (Lipinski definition) is 0. The van der Waals surface area contributed by atoms with Crippen LogP contribution in [0.3, 0.4) is 0 Å². The van der Waals surface area contributed by atoms with E-state index >= 15 is 0 Å². The summed E-state index contributed by atoms with van der Waals surface area (Å²) in [6, 6.07) is 0. The van der Waals surface area contributed by atoms with Crippen molar-refractivity contribution in [2.45, 2.75) is 31.6 Å². The van der Waals surface area contributed by atoms with Gasteiger partial charge in [0, 0.05) is 6.42 Å². The minimum atomic E-state index is -4.47. The Balaban J connectivity index is 3.35. The van der Waals surface area contributed by atoms with Crippen LogP contribution in [-0.2, 0) is 0 Å². The summed E-state index contributed by atoms with van der Waals surface area (Å²) in [5, 5.41) is 0. The Morgan fingerprint density at radius 2 is 1.42 bits per heavy atom. The van der Waals surface area contributed by atoms with Gasteiger partial charge in [0.05, 0.1) is 6.42 Å². The van der Waals surface area contributed by atoms with Crippen LogP contribution in [-0.4, -0.2) is 12.4 Å². The van der Waals surface area contributed by atoms with Gasteiger partial charge in [-0.05, 0) is 12.8 Å². The first-order valence-electron chi connectivity index (χ1n) is 3.18. The smallest absolute Gasteiger partial charge is 0.171 e. The van der Waals surface area contributed by atoms with E-state index in [9.17, 15) is 26.3 Å². The van der Waals surface area contributed by atoms with Crippen molar-refractivity contribution in [2.75, 3.05) is 0 Å². The van der Waals surface area contributed by atoms with Crippen molar-refractivity contribution in [3.8, 4) is 0 Å². The minimum Gasteiger partial charge on any atom is -0.171 e. The third kappa shape index (κ3) is 9.58. The molecular formula is C6H7F6. The third-order valence-electron chi connectivity index (χ3n) is 1.04. The van der Waals surface area contributed by atoms with E-state index in [0.717, 1.165) is 0 Å². The standard InChI is InChI=1S/C6H7F6/c7-5(8,9)3-1-2-4-6(10,11)12/h3H,1-2,4H2. The Labute approximate surface area is 65.6 Å². The number of rotatable bonds is 3. The summed E-state index contributed by atoms with van der Waals surface area (Å²) < 4.78 is 68.2. The summed E-state index contributed by atoms with van der Waals surface area (Å²) in [7, 11) is 0. The maximum atomic E-state index is 11.4. The number of hydrogen-bond donors (Lipinski definition) is 0. The van der Waals surface area contributed by atoms with Gasteiger partial charge in [0.1, 0.15) is 0 Å². The molecule has 0 fully saturated rings. The molecule has 0 aromatic carbocycles. The Kier molecular flexibility index (Phi) is 3.86. The molecule has 0 aliphatic rings. The van der Waals surface area contributed by atoms with Gasteiger partial charge in [0.25, 0.3) is 0 Å². The van der Waals surface area contributed by atoms with Gasteiger partial charge in [0.15, 0.2) is 0 Å². The predicted molar refractivity (Wildman–Crippen MR) is 30.3 cm³/mol. The molecule has 73 valence electrons. The fraction of sp³-hybridized carbons (Fsp3) is 0.833. The quantitative estimate of drug-likeness (QED) is 0.475. The lowest BCUT2D eigenvalue weighted by Gasteiger charge is -2.07. The fourth-order valence-corrected chi connectivity index (χ4v) is 0.568. The highest BCUT2D eigenvalue weighted by Gasteiger charge is 2.29. The number of halogens is 6. The summed E-state index contributed by atoms with van der Waals surface area (Å²) in [5.74, 6) is 0. The van der Waals surface area contributed by atoms with Crippen LogP contribution in [0.1, 0.15) is 19.3 Å². The average molecular weight is 193 g/mol. The molecule has 0 saturated heterocycles. The predicted octanol–water partition coefficient (Wildman–Crippen LogP) is 3.49. The number of alkyl halides is 6. The van der Waals surface area contributed by atoms with Crippen LogP contribution in [0.5, 0.6) is 0 Å². The molecule has 0 nitrogen and oxygen atoms in total. The highest BCUT2D eigenvalue weighted by molar-refractivity contribution is 4.74. The van der Waals surface area contributed by atoms with Crippen molar-refractivity contribution in [2.24, 2.45) is 0 Å². The van der Waals surface area contributed by atoms with Crippen LogP contribution in [0.2, 0.25) is 0 Å². The van der Waals surface area contributed by atoms with Gasteiger partial charge in [-0.2, -0.15) is 26.3 Å². The minimum absolute atomic E-state index is 0.0707. The van der Waals surface area contributed by atoms with E-state index in [1.165, 1.54) is 0 Å². The van der Waals surface area contributed by atoms with Crippen LogP contribution in [0, 0.1) is 6.42 Å². The molecule has 0 heterocycles. The SMILES string of the molecule is FC(F)(F)[CH]CCCC(F)(F)F. The van der Waals surface area contributed by atoms with Gasteiger partial charge in [-0.1, -0.05) is 0 Å². The first kappa shape index (κ1) is 11.6. The molecule has 0 aliphatic carbocycles. The zero-order valence-electron chi connectivity index (χ0n) is 5.97. The summed E-state index contributed by atoms with van der Waals surface area (Å²) >= 11 is 0. The molecule has 0 atom stereocenters. The van der Waals surface area contributed by atoms with Crippen LogP contribution in [0.4, 0.5) is 26.3 Å². The van der Waals surface area contributed by atoms with Crippen LogP contribution >= 0.6 is 0 Å². The second kappa shape index (κ2) is 4.00. The topological polar surface area (TPSA) is 0 Å². The first-order chi connectivity index (χ1) is 5.21. The van der Waals surface area contributed by atoms with Crippen molar-refractivity contribution < 1.29 is 26.3 Å². The lowest BCUT2D eigenvalue weighted by atomic mass is 10.2. The lowest BCUT2D eigenvalue weighted by molar-refractivity contribution is -0.137. The van der Waals surface area contributed by atoms with Gasteiger partial charge >= 0.3 is 12.4 Å². The zero-order chi connectivity index (χ0) is 9.83. The van der Waals surface area contributed by atoms with Crippen LogP contribution in [0.25, 0.3) is 0 Å². The summed E-state index contributed by atoms with van der Waals surface area (Å²) in [6.45, 7) is 0. The molecule has 0 saturated carbocycles. The average Bonchev–Trinajstić information content (AvgIpc) is 1.76. The molecule has 0 aromatic heterocycles. The van der Waals surface area contributed by atoms with E-state index in [4.69, 9.17) is 0 Å². The lowest BCUT2D eigenvalue weighted by Crippen LogP contribution is -2.10. The highest BCUT2D eigenvalue weighted by Crippen LogP contribution is 2.26. The van der Waals surface area contributed by atoms with Crippen molar-refractivity contribution in [1.29, 1.82) is 0 Å². The van der Waals surface area contributed by atoms with Gasteiger partial charge in [-0.15, -0.1) is 0 Å². The molecule has 12 heavy (non-hydrogen) atoms. The van der Waals surface area contributed by atoms with E-state index in [2.05, 4.69) is 0 Å². The summed E-state index contributed by atoms with van der Waals surface area (Å²) in [5.41, 5.74) is 0. The highest BCUT2D eigenvalue weighted by atomic mass is 19.4. The van der Waals surface area contributed by atoms with Crippen LogP contribution in [0.15, 0.2) is 0 Å². The fourth-order valence-electron chi connectivity index (χ4n) is 0.568. The summed E-state index contributed by atoms with van der Waals surface area (Å²) in [4.78, 5) is 0. The molecule has 6 heteroatoms. The zero-order valence-corrected chi connectivity index (χ0v) is 5.97. The van der Waals surface area contributed by atoms with Gasteiger partial charge in [0.2, 0.25) is 0 Å². The first-order valence-corrected chi connectivity index (χ1v) is 3.18. The Morgan fingerprint density at radius 3 is 1.75 bits per heavy atom. The molecule has 0 unspecified atom stereocenters. The van der Waals surface area contributed by atoms with Crippen molar-refractivity contribution in [3.05, 3.63) is 6.42 Å². The molecule has 0 amide bonds. The van der Waals surface area contributed by atoms with E-state index < -0.39 is 31.6 Å². The van der Waals surface area contributed by atoms with Crippen LogP contribution < -0.4 is 0 Å². The normalized spacial score (nSPS) is 13.5. The summed E-state index contributed by atoms with van der Waals surface area (Å²) in [6.07, 6.45) is -11.2. The Bertz CT molecular complexity index is 105. The maximum absolute atomic E-state index is 11.4. The molecule has 0 rings (SSSR count). The molecule has 0 spiro atoms. The maximum Gasteiger partial charge on any atom is 0.392 e. The van der Waals surface area contributed by atoms with E-state index in [-0.39, 0.29) is 6.42 Å². The Morgan fingerprint density at radius 1 is 0.917 bits per heavy atom. The van der Waals surface area contributed by atoms with Crippen molar-refractivity contribution in [3.63, 3.8) is 0 Å².